The number of rotatable bonds is 7. The summed E-state index contributed by atoms with van der Waals surface area (Å²) >= 11 is 3.35. The van der Waals surface area contributed by atoms with Gasteiger partial charge in [-0.15, -0.1) is 0 Å². The van der Waals surface area contributed by atoms with Crippen molar-refractivity contribution in [2.24, 2.45) is 5.10 Å². The minimum atomic E-state index is -0.371. The average Bonchev–Trinajstić information content (AvgIpc) is 2.61. The van der Waals surface area contributed by atoms with Crippen molar-refractivity contribution in [3.63, 3.8) is 0 Å². The first-order chi connectivity index (χ1) is 11.6. The number of amides is 1. The number of benzene rings is 2. The molecule has 6 nitrogen and oxygen atoms in total. The van der Waals surface area contributed by atoms with Crippen LogP contribution < -0.4 is 19.6 Å². The fourth-order valence-corrected chi connectivity index (χ4v) is 2.25. The van der Waals surface area contributed by atoms with E-state index < -0.39 is 0 Å². The molecule has 2 aromatic rings. The zero-order valence-electron chi connectivity index (χ0n) is 13.3. The molecule has 0 bridgehead atoms. The highest BCUT2D eigenvalue weighted by Crippen LogP contribution is 2.23. The first-order valence-corrected chi connectivity index (χ1v) is 7.84. The number of carbonyl (C=O) groups excluding carboxylic acids is 1. The number of hydrogen-bond acceptors (Lipinski definition) is 5. The molecule has 2 aromatic carbocycles. The second-order valence-corrected chi connectivity index (χ2v) is 5.47. The second kappa shape index (κ2) is 8.93. The average molecular weight is 393 g/mol. The Labute approximate surface area is 148 Å². The molecule has 24 heavy (non-hydrogen) atoms. The first kappa shape index (κ1) is 17.8. The molecule has 0 aliphatic carbocycles. The van der Waals surface area contributed by atoms with Gasteiger partial charge in [-0.2, -0.15) is 5.10 Å². The second-order valence-electron chi connectivity index (χ2n) is 4.62. The fourth-order valence-electron chi connectivity index (χ4n) is 1.85. The van der Waals surface area contributed by atoms with E-state index in [4.69, 9.17) is 14.2 Å². The molecule has 0 aromatic heterocycles. The van der Waals surface area contributed by atoms with Gasteiger partial charge in [0.25, 0.3) is 5.91 Å². The summed E-state index contributed by atoms with van der Waals surface area (Å²) in [6.45, 7) is -0.144. The molecule has 0 radical (unpaired) electrons. The summed E-state index contributed by atoms with van der Waals surface area (Å²) in [5.41, 5.74) is 3.09. The molecular weight excluding hydrogens is 376 g/mol. The van der Waals surface area contributed by atoms with Crippen LogP contribution in [0, 0.1) is 0 Å². The van der Waals surface area contributed by atoms with E-state index in [0.717, 1.165) is 4.47 Å². The summed E-state index contributed by atoms with van der Waals surface area (Å²) in [5, 5.41) is 3.91. The summed E-state index contributed by atoms with van der Waals surface area (Å²) < 4.78 is 16.6. The molecule has 0 saturated carbocycles. The van der Waals surface area contributed by atoms with Gasteiger partial charge in [-0.1, -0.05) is 12.1 Å². The van der Waals surface area contributed by atoms with Crippen molar-refractivity contribution < 1.29 is 19.0 Å². The number of halogens is 1. The zero-order valence-corrected chi connectivity index (χ0v) is 14.9. The van der Waals surface area contributed by atoms with Gasteiger partial charge in [0.1, 0.15) is 17.2 Å². The predicted molar refractivity (Wildman–Crippen MR) is 94.9 cm³/mol. The predicted octanol–water partition coefficient (Wildman–Crippen LogP) is 3.00. The van der Waals surface area contributed by atoms with E-state index in [0.29, 0.717) is 22.8 Å². The fraction of sp³-hybridized carbons (Fsp3) is 0.176. The quantitative estimate of drug-likeness (QED) is 0.580. The summed E-state index contributed by atoms with van der Waals surface area (Å²) in [4.78, 5) is 11.8. The van der Waals surface area contributed by atoms with E-state index in [-0.39, 0.29) is 12.5 Å². The topological polar surface area (TPSA) is 69.2 Å². The Balaban J connectivity index is 1.91. The number of para-hydroxylation sites is 1. The lowest BCUT2D eigenvalue weighted by atomic mass is 10.2. The van der Waals surface area contributed by atoms with Crippen LogP contribution in [-0.4, -0.2) is 32.9 Å². The number of hydrazone groups is 1. The molecule has 0 saturated heterocycles. The lowest BCUT2D eigenvalue weighted by molar-refractivity contribution is -0.123. The molecule has 2 rings (SSSR count). The van der Waals surface area contributed by atoms with Crippen molar-refractivity contribution in [2.45, 2.75) is 0 Å². The van der Waals surface area contributed by atoms with Crippen LogP contribution in [0.25, 0.3) is 0 Å². The molecule has 0 aliphatic heterocycles. The van der Waals surface area contributed by atoms with Gasteiger partial charge >= 0.3 is 0 Å². The van der Waals surface area contributed by atoms with Crippen LogP contribution in [0.1, 0.15) is 5.56 Å². The standard InChI is InChI=1S/C17H17BrN2O4/c1-22-13-7-8-15(23-2)12(9-13)10-19-20-17(21)11-24-16-6-4-3-5-14(16)18/h3-10H,11H2,1-2H3,(H,20,21)/b19-10+. The van der Waals surface area contributed by atoms with E-state index in [1.807, 2.05) is 18.2 Å². The number of ether oxygens (including phenoxy) is 3. The van der Waals surface area contributed by atoms with Gasteiger partial charge in [-0.3, -0.25) is 4.79 Å². The van der Waals surface area contributed by atoms with E-state index in [1.54, 1.807) is 38.5 Å². The van der Waals surface area contributed by atoms with Crippen LogP contribution in [0.4, 0.5) is 0 Å². The maximum atomic E-state index is 11.8. The van der Waals surface area contributed by atoms with E-state index >= 15 is 0 Å². The van der Waals surface area contributed by atoms with Gasteiger partial charge < -0.3 is 14.2 Å². The third-order valence-corrected chi connectivity index (χ3v) is 3.68. The van der Waals surface area contributed by atoms with Crippen LogP contribution in [0.2, 0.25) is 0 Å². The Hall–Kier alpha value is -2.54. The molecule has 0 atom stereocenters. The minimum absolute atomic E-state index is 0.144. The lowest BCUT2D eigenvalue weighted by Crippen LogP contribution is -2.24. The van der Waals surface area contributed by atoms with Crippen molar-refractivity contribution in [3.05, 3.63) is 52.5 Å². The maximum Gasteiger partial charge on any atom is 0.277 e. The molecule has 126 valence electrons. The minimum Gasteiger partial charge on any atom is -0.497 e. The van der Waals surface area contributed by atoms with Crippen molar-refractivity contribution in [1.82, 2.24) is 5.43 Å². The van der Waals surface area contributed by atoms with Crippen LogP contribution in [0.5, 0.6) is 17.2 Å². The summed E-state index contributed by atoms with van der Waals surface area (Å²) in [6.07, 6.45) is 1.48. The smallest absolute Gasteiger partial charge is 0.277 e. The largest absolute Gasteiger partial charge is 0.497 e. The first-order valence-electron chi connectivity index (χ1n) is 7.05. The van der Waals surface area contributed by atoms with Crippen LogP contribution >= 0.6 is 15.9 Å². The Morgan fingerprint density at radius 1 is 1.17 bits per heavy atom. The van der Waals surface area contributed by atoms with E-state index in [9.17, 15) is 4.79 Å². The monoisotopic (exact) mass is 392 g/mol. The third-order valence-electron chi connectivity index (χ3n) is 3.03. The summed E-state index contributed by atoms with van der Waals surface area (Å²) in [7, 11) is 3.13. The molecule has 0 fully saturated rings. The number of nitrogens with zero attached hydrogens (tertiary/aromatic N) is 1. The van der Waals surface area contributed by atoms with E-state index in [1.165, 1.54) is 6.21 Å². The molecule has 0 aliphatic rings. The normalized spacial score (nSPS) is 10.5. The van der Waals surface area contributed by atoms with Gasteiger partial charge in [0.05, 0.1) is 24.9 Å². The van der Waals surface area contributed by atoms with Gasteiger partial charge in [0, 0.05) is 5.56 Å². The summed E-state index contributed by atoms with van der Waals surface area (Å²) in [5.74, 6) is 1.51. The zero-order chi connectivity index (χ0) is 17.4. The van der Waals surface area contributed by atoms with Gasteiger partial charge in [-0.05, 0) is 46.3 Å². The highest BCUT2D eigenvalue weighted by atomic mass is 79.9. The van der Waals surface area contributed by atoms with Crippen LogP contribution in [0.15, 0.2) is 52.0 Å². The molecule has 7 heteroatoms. The number of carbonyl (C=O) groups is 1. The molecule has 1 amide bonds. The SMILES string of the molecule is COc1ccc(OC)c(/C=N/NC(=O)COc2ccccc2Br)c1. The molecule has 0 spiro atoms. The molecule has 0 unspecified atom stereocenters. The van der Waals surface area contributed by atoms with Crippen LogP contribution in [-0.2, 0) is 4.79 Å². The Kier molecular flexibility index (Phi) is 6.62. The van der Waals surface area contributed by atoms with Crippen molar-refractivity contribution in [1.29, 1.82) is 0 Å². The Morgan fingerprint density at radius 3 is 2.67 bits per heavy atom. The highest BCUT2D eigenvalue weighted by molar-refractivity contribution is 9.10. The summed E-state index contributed by atoms with van der Waals surface area (Å²) in [6, 6.07) is 12.6. The number of methoxy groups -OCH3 is 2. The molecule has 1 N–H and O–H groups in total. The van der Waals surface area contributed by atoms with Gasteiger partial charge in [-0.25, -0.2) is 5.43 Å². The van der Waals surface area contributed by atoms with Crippen molar-refractivity contribution in [3.8, 4) is 17.2 Å². The number of hydrogen-bond donors (Lipinski definition) is 1. The molecular formula is C17H17BrN2O4. The Morgan fingerprint density at radius 2 is 1.96 bits per heavy atom. The lowest BCUT2D eigenvalue weighted by Gasteiger charge is -2.07. The highest BCUT2D eigenvalue weighted by Gasteiger charge is 2.05. The van der Waals surface area contributed by atoms with Gasteiger partial charge in [0.2, 0.25) is 0 Å². The number of nitrogens with one attached hydrogen (secondary N) is 1. The maximum absolute atomic E-state index is 11.8. The third kappa shape index (κ3) is 4.99. The van der Waals surface area contributed by atoms with Crippen LogP contribution in [0.3, 0.4) is 0 Å². The van der Waals surface area contributed by atoms with Crippen molar-refractivity contribution in [2.75, 3.05) is 20.8 Å². The Bertz CT molecular complexity index is 734. The van der Waals surface area contributed by atoms with E-state index in [2.05, 4.69) is 26.5 Å². The molecule has 0 heterocycles. The van der Waals surface area contributed by atoms with Gasteiger partial charge in [0.15, 0.2) is 6.61 Å². The van der Waals surface area contributed by atoms with Crippen molar-refractivity contribution >= 4 is 28.1 Å².